The summed E-state index contributed by atoms with van der Waals surface area (Å²) in [5.41, 5.74) is 5.33. The van der Waals surface area contributed by atoms with E-state index in [2.05, 4.69) is 5.32 Å². The van der Waals surface area contributed by atoms with Crippen LogP contribution in [0, 0.1) is 6.92 Å². The van der Waals surface area contributed by atoms with E-state index in [4.69, 9.17) is 5.11 Å². The lowest BCUT2D eigenvalue weighted by molar-refractivity contribution is 0.0696. The van der Waals surface area contributed by atoms with Crippen molar-refractivity contribution in [3.63, 3.8) is 0 Å². The highest BCUT2D eigenvalue weighted by molar-refractivity contribution is 5.97. The molecule has 0 saturated carbocycles. The van der Waals surface area contributed by atoms with Crippen LogP contribution in [-0.2, 0) is 13.0 Å². The van der Waals surface area contributed by atoms with E-state index in [0.717, 1.165) is 28.8 Å². The number of Topliss-reactive ketones (excluding diaryl/α,β-unsaturated/α-hetero) is 1. The second kappa shape index (κ2) is 8.61. The first-order chi connectivity index (χ1) is 13.8. The molecule has 0 aliphatic carbocycles. The Morgan fingerprint density at radius 1 is 0.862 bits per heavy atom. The van der Waals surface area contributed by atoms with Crippen LogP contribution in [0.15, 0.2) is 60.7 Å². The molecule has 3 N–H and O–H groups in total. The van der Waals surface area contributed by atoms with Gasteiger partial charge in [-0.2, -0.15) is 0 Å². The second-order valence-corrected chi connectivity index (χ2v) is 7.04. The Hall–Kier alpha value is -3.60. The van der Waals surface area contributed by atoms with Gasteiger partial charge in [0.1, 0.15) is 5.75 Å². The van der Waals surface area contributed by atoms with Crippen molar-refractivity contribution in [2.75, 3.05) is 5.32 Å². The number of carbonyl (C=O) groups excluding carboxylic acids is 1. The predicted octanol–water partition coefficient (Wildman–Crippen LogP) is 4.80. The molecule has 5 nitrogen and oxygen atoms in total. The summed E-state index contributed by atoms with van der Waals surface area (Å²) >= 11 is 0. The number of hydrogen-bond donors (Lipinski definition) is 3. The van der Waals surface area contributed by atoms with E-state index in [1.54, 1.807) is 31.2 Å². The zero-order chi connectivity index (χ0) is 21.0. The van der Waals surface area contributed by atoms with Gasteiger partial charge in [-0.25, -0.2) is 4.79 Å². The van der Waals surface area contributed by atoms with E-state index in [1.165, 1.54) is 6.92 Å². The van der Waals surface area contributed by atoms with E-state index in [0.29, 0.717) is 17.7 Å². The lowest BCUT2D eigenvalue weighted by Crippen LogP contribution is -2.03. The van der Waals surface area contributed by atoms with Gasteiger partial charge in [-0.3, -0.25) is 4.79 Å². The standard InChI is InChI=1S/C24H23NO4/c1-15-22(12-11-21(16(2)26)23(15)27)25-14-19-5-3-17(4-6-19)13-18-7-9-20(10-8-18)24(28)29/h3-12,25,27H,13-14H2,1-2H3,(H,28,29). The molecule has 0 amide bonds. The van der Waals surface area contributed by atoms with Gasteiger partial charge in [0.05, 0.1) is 11.1 Å². The average molecular weight is 389 g/mol. The molecule has 0 radical (unpaired) electrons. The van der Waals surface area contributed by atoms with Crippen LogP contribution in [0.4, 0.5) is 5.69 Å². The highest BCUT2D eigenvalue weighted by Gasteiger charge is 2.12. The molecule has 3 aromatic rings. The number of aromatic hydroxyl groups is 1. The first kappa shape index (κ1) is 20.1. The number of carbonyl (C=O) groups is 2. The number of ketones is 1. The molecule has 0 aliphatic heterocycles. The molecule has 0 atom stereocenters. The Morgan fingerprint density at radius 3 is 1.97 bits per heavy atom. The van der Waals surface area contributed by atoms with Gasteiger partial charge in [-0.1, -0.05) is 36.4 Å². The van der Waals surface area contributed by atoms with E-state index < -0.39 is 5.97 Å². The number of carboxylic acid groups (broad SMARTS) is 1. The van der Waals surface area contributed by atoms with E-state index in [-0.39, 0.29) is 17.1 Å². The second-order valence-electron chi connectivity index (χ2n) is 7.04. The summed E-state index contributed by atoms with van der Waals surface area (Å²) in [5, 5.41) is 22.4. The maximum absolute atomic E-state index is 11.5. The van der Waals surface area contributed by atoms with Crippen LogP contribution in [0.5, 0.6) is 5.75 Å². The fourth-order valence-corrected chi connectivity index (χ4v) is 3.15. The molecule has 148 valence electrons. The van der Waals surface area contributed by atoms with Crippen molar-refractivity contribution in [2.24, 2.45) is 0 Å². The summed E-state index contributed by atoms with van der Waals surface area (Å²) in [4.78, 5) is 22.4. The van der Waals surface area contributed by atoms with Crippen molar-refractivity contribution in [3.8, 4) is 5.75 Å². The predicted molar refractivity (Wildman–Crippen MR) is 113 cm³/mol. The Morgan fingerprint density at radius 2 is 1.41 bits per heavy atom. The number of carboxylic acids is 1. The van der Waals surface area contributed by atoms with Gasteiger partial charge in [-0.15, -0.1) is 0 Å². The van der Waals surface area contributed by atoms with Crippen molar-refractivity contribution in [1.29, 1.82) is 0 Å². The maximum Gasteiger partial charge on any atom is 0.335 e. The Balaban J connectivity index is 1.63. The number of phenols is 1. The van der Waals surface area contributed by atoms with Gasteiger partial charge in [0.25, 0.3) is 0 Å². The number of hydrogen-bond acceptors (Lipinski definition) is 4. The molecule has 3 rings (SSSR count). The van der Waals surface area contributed by atoms with Crippen LogP contribution in [-0.4, -0.2) is 22.0 Å². The monoisotopic (exact) mass is 389 g/mol. The zero-order valence-electron chi connectivity index (χ0n) is 16.4. The fourth-order valence-electron chi connectivity index (χ4n) is 3.15. The smallest absolute Gasteiger partial charge is 0.335 e. The first-order valence-electron chi connectivity index (χ1n) is 9.32. The van der Waals surface area contributed by atoms with Gasteiger partial charge >= 0.3 is 5.97 Å². The normalized spacial score (nSPS) is 10.6. The third kappa shape index (κ3) is 4.82. The molecule has 5 heteroatoms. The van der Waals surface area contributed by atoms with Crippen LogP contribution in [0.1, 0.15) is 49.9 Å². The van der Waals surface area contributed by atoms with Gasteiger partial charge in [0, 0.05) is 17.8 Å². The van der Waals surface area contributed by atoms with Crippen LogP contribution in [0.2, 0.25) is 0 Å². The molecule has 0 aliphatic rings. The van der Waals surface area contributed by atoms with Crippen LogP contribution in [0.25, 0.3) is 0 Å². The minimum atomic E-state index is -0.923. The largest absolute Gasteiger partial charge is 0.507 e. The van der Waals surface area contributed by atoms with Crippen LogP contribution < -0.4 is 5.32 Å². The number of rotatable bonds is 7. The summed E-state index contributed by atoms with van der Waals surface area (Å²) in [7, 11) is 0. The quantitative estimate of drug-likeness (QED) is 0.505. The lowest BCUT2D eigenvalue weighted by atomic mass is 10.0. The number of nitrogens with one attached hydrogen (secondary N) is 1. The van der Waals surface area contributed by atoms with E-state index in [9.17, 15) is 14.7 Å². The Bertz CT molecular complexity index is 1040. The fraction of sp³-hybridized carbons (Fsp3) is 0.167. The summed E-state index contributed by atoms with van der Waals surface area (Å²) in [5.74, 6) is -1.06. The van der Waals surface area contributed by atoms with Crippen molar-refractivity contribution >= 4 is 17.4 Å². The molecule has 0 saturated heterocycles. The Labute approximate surface area is 169 Å². The first-order valence-corrected chi connectivity index (χ1v) is 9.32. The molecular formula is C24H23NO4. The van der Waals surface area contributed by atoms with E-state index in [1.807, 2.05) is 36.4 Å². The molecule has 3 aromatic carbocycles. The number of phenolic OH excluding ortho intramolecular Hbond substituents is 1. The van der Waals surface area contributed by atoms with Crippen molar-refractivity contribution in [3.05, 3.63) is 94.0 Å². The molecule has 0 heterocycles. The van der Waals surface area contributed by atoms with Gasteiger partial charge < -0.3 is 15.5 Å². The molecule has 0 bridgehead atoms. The van der Waals surface area contributed by atoms with Crippen LogP contribution in [0.3, 0.4) is 0 Å². The van der Waals surface area contributed by atoms with Crippen LogP contribution >= 0.6 is 0 Å². The molecule has 0 spiro atoms. The van der Waals surface area contributed by atoms with Crippen molar-refractivity contribution < 1.29 is 19.8 Å². The molecule has 0 fully saturated rings. The molecular weight excluding hydrogens is 366 g/mol. The summed E-state index contributed by atoms with van der Waals surface area (Å²) in [6.07, 6.45) is 0.729. The third-order valence-corrected chi connectivity index (χ3v) is 4.93. The van der Waals surface area contributed by atoms with Gasteiger partial charge in [0.2, 0.25) is 0 Å². The topological polar surface area (TPSA) is 86.6 Å². The zero-order valence-corrected chi connectivity index (χ0v) is 16.4. The highest BCUT2D eigenvalue weighted by Crippen LogP contribution is 2.29. The average Bonchev–Trinajstić information content (AvgIpc) is 2.70. The molecule has 0 unspecified atom stereocenters. The highest BCUT2D eigenvalue weighted by atomic mass is 16.4. The number of aromatic carboxylic acids is 1. The summed E-state index contributed by atoms with van der Waals surface area (Å²) < 4.78 is 0. The number of benzene rings is 3. The minimum Gasteiger partial charge on any atom is -0.507 e. The van der Waals surface area contributed by atoms with E-state index >= 15 is 0 Å². The number of anilines is 1. The van der Waals surface area contributed by atoms with Gasteiger partial charge in [-0.05, 0) is 61.2 Å². The maximum atomic E-state index is 11.5. The molecule has 0 aromatic heterocycles. The van der Waals surface area contributed by atoms with Crippen molar-refractivity contribution in [1.82, 2.24) is 0 Å². The SMILES string of the molecule is CC(=O)c1ccc(NCc2ccc(Cc3ccc(C(=O)O)cc3)cc2)c(C)c1O. The minimum absolute atomic E-state index is 0.0202. The Kier molecular flexibility index (Phi) is 5.98. The summed E-state index contributed by atoms with van der Waals surface area (Å²) in [6.45, 7) is 3.81. The van der Waals surface area contributed by atoms with Crippen molar-refractivity contribution in [2.45, 2.75) is 26.8 Å². The van der Waals surface area contributed by atoms with Gasteiger partial charge in [0.15, 0.2) is 5.78 Å². The summed E-state index contributed by atoms with van der Waals surface area (Å²) in [6, 6.07) is 18.5. The lowest BCUT2D eigenvalue weighted by Gasteiger charge is -2.13. The molecule has 29 heavy (non-hydrogen) atoms. The third-order valence-electron chi connectivity index (χ3n) is 4.93.